The summed E-state index contributed by atoms with van der Waals surface area (Å²) in [5.41, 5.74) is 9.37. The summed E-state index contributed by atoms with van der Waals surface area (Å²) in [6, 6.07) is 5.83. The van der Waals surface area contributed by atoms with Gasteiger partial charge in [0.25, 0.3) is 0 Å². The smallest absolute Gasteiger partial charge is 0.241 e. The fourth-order valence-electron chi connectivity index (χ4n) is 2.26. The average Bonchev–Trinajstić information content (AvgIpc) is 2.45. The lowest BCUT2D eigenvalue weighted by atomic mass is 9.93. The summed E-state index contributed by atoms with van der Waals surface area (Å²) in [5, 5.41) is 3.01. The Hall–Kier alpha value is -1.35. The molecule has 3 N–H and O–H groups in total. The quantitative estimate of drug-likeness (QED) is 0.823. The molecule has 0 aromatic heterocycles. The van der Waals surface area contributed by atoms with E-state index in [9.17, 15) is 4.79 Å². The zero-order valence-corrected chi connectivity index (χ0v) is 14.2. The van der Waals surface area contributed by atoms with E-state index in [1.807, 2.05) is 13.0 Å². The number of hydrogen-bond acceptors (Lipinski definition) is 2. The molecule has 3 heteroatoms. The minimum absolute atomic E-state index is 0.0939. The van der Waals surface area contributed by atoms with Crippen molar-refractivity contribution in [3.8, 4) is 0 Å². The molecule has 118 valence electrons. The number of benzene rings is 1. The van der Waals surface area contributed by atoms with Crippen LogP contribution in [0.5, 0.6) is 0 Å². The molecule has 2 atom stereocenters. The molecule has 0 saturated carbocycles. The van der Waals surface area contributed by atoms with E-state index in [-0.39, 0.29) is 11.8 Å². The van der Waals surface area contributed by atoms with Crippen LogP contribution in [0.25, 0.3) is 0 Å². The molecule has 0 aliphatic carbocycles. The van der Waals surface area contributed by atoms with E-state index in [0.717, 1.165) is 12.1 Å². The van der Waals surface area contributed by atoms with Crippen molar-refractivity contribution in [2.24, 2.45) is 11.7 Å². The molecule has 0 saturated heterocycles. The van der Waals surface area contributed by atoms with Crippen LogP contribution in [0, 0.1) is 5.92 Å². The van der Waals surface area contributed by atoms with Crippen LogP contribution in [0.1, 0.15) is 70.9 Å². The number of amides is 1. The Bertz CT molecular complexity index is 480. The highest BCUT2D eigenvalue weighted by atomic mass is 16.2. The molecule has 21 heavy (non-hydrogen) atoms. The van der Waals surface area contributed by atoms with Crippen molar-refractivity contribution < 1.29 is 4.79 Å². The first-order valence-corrected chi connectivity index (χ1v) is 7.98. The van der Waals surface area contributed by atoms with Gasteiger partial charge in [-0.3, -0.25) is 4.79 Å². The number of nitrogens with two attached hydrogens (primary N) is 1. The Morgan fingerprint density at radius 1 is 1.14 bits per heavy atom. The summed E-state index contributed by atoms with van der Waals surface area (Å²) in [6.07, 6.45) is 0.901. The first kappa shape index (κ1) is 17.7. The van der Waals surface area contributed by atoms with E-state index >= 15 is 0 Å². The van der Waals surface area contributed by atoms with E-state index in [0.29, 0.717) is 11.8 Å². The van der Waals surface area contributed by atoms with Gasteiger partial charge in [-0.05, 0) is 34.9 Å². The fraction of sp³-hybridized carbons (Fsp3) is 0.611. The van der Waals surface area contributed by atoms with Crippen LogP contribution in [-0.4, -0.2) is 11.9 Å². The van der Waals surface area contributed by atoms with Gasteiger partial charge in [-0.2, -0.15) is 0 Å². The lowest BCUT2D eigenvalue weighted by molar-refractivity contribution is -0.118. The lowest BCUT2D eigenvalue weighted by Crippen LogP contribution is -2.40. The van der Waals surface area contributed by atoms with Crippen molar-refractivity contribution in [3.05, 3.63) is 29.3 Å². The molecular weight excluding hydrogens is 260 g/mol. The first-order valence-electron chi connectivity index (χ1n) is 7.98. The average molecular weight is 290 g/mol. The highest BCUT2D eigenvalue weighted by Crippen LogP contribution is 2.28. The molecule has 0 bridgehead atoms. The third kappa shape index (κ3) is 4.57. The number of anilines is 1. The van der Waals surface area contributed by atoms with Gasteiger partial charge in [0, 0.05) is 5.69 Å². The topological polar surface area (TPSA) is 55.1 Å². The van der Waals surface area contributed by atoms with Crippen LogP contribution in [0.2, 0.25) is 0 Å². The number of hydrogen-bond donors (Lipinski definition) is 2. The van der Waals surface area contributed by atoms with Gasteiger partial charge in [0.05, 0.1) is 6.04 Å². The molecule has 0 radical (unpaired) electrons. The normalized spacial score (nSPS) is 14.3. The monoisotopic (exact) mass is 290 g/mol. The van der Waals surface area contributed by atoms with Gasteiger partial charge >= 0.3 is 0 Å². The fourth-order valence-corrected chi connectivity index (χ4v) is 2.26. The molecule has 1 aromatic rings. The maximum atomic E-state index is 12.3. The predicted octanol–water partition coefficient (Wildman–Crippen LogP) is 4.25. The third-order valence-corrected chi connectivity index (χ3v) is 4.18. The van der Waals surface area contributed by atoms with Crippen LogP contribution in [0.3, 0.4) is 0 Å². The summed E-state index contributed by atoms with van der Waals surface area (Å²) in [4.78, 5) is 12.3. The van der Waals surface area contributed by atoms with Crippen LogP contribution in [0.15, 0.2) is 18.2 Å². The number of rotatable bonds is 6. The highest BCUT2D eigenvalue weighted by Gasteiger charge is 2.21. The summed E-state index contributed by atoms with van der Waals surface area (Å²) in [7, 11) is 0. The minimum Gasteiger partial charge on any atom is -0.324 e. The molecule has 1 rings (SSSR count). The number of carbonyl (C=O) groups excluding carboxylic acids is 1. The van der Waals surface area contributed by atoms with Gasteiger partial charge in [-0.15, -0.1) is 0 Å². The van der Waals surface area contributed by atoms with Crippen molar-refractivity contribution in [2.75, 3.05) is 5.32 Å². The van der Waals surface area contributed by atoms with E-state index in [1.165, 1.54) is 11.1 Å². The van der Waals surface area contributed by atoms with E-state index < -0.39 is 6.04 Å². The second-order valence-electron chi connectivity index (χ2n) is 6.56. The van der Waals surface area contributed by atoms with Gasteiger partial charge in [-0.1, -0.05) is 60.1 Å². The molecule has 0 fully saturated rings. The van der Waals surface area contributed by atoms with Crippen molar-refractivity contribution in [2.45, 2.75) is 65.8 Å². The van der Waals surface area contributed by atoms with Gasteiger partial charge in [-0.25, -0.2) is 0 Å². The van der Waals surface area contributed by atoms with Crippen LogP contribution in [0.4, 0.5) is 5.69 Å². The zero-order chi connectivity index (χ0) is 16.2. The van der Waals surface area contributed by atoms with Crippen molar-refractivity contribution in [3.63, 3.8) is 0 Å². The Balaban J connectivity index is 3.00. The van der Waals surface area contributed by atoms with Gasteiger partial charge in [0.15, 0.2) is 0 Å². The Morgan fingerprint density at radius 3 is 2.24 bits per heavy atom. The summed E-state index contributed by atoms with van der Waals surface area (Å²) in [5.74, 6) is 0.930. The van der Waals surface area contributed by atoms with Gasteiger partial charge in [0.1, 0.15) is 0 Å². The van der Waals surface area contributed by atoms with E-state index in [1.54, 1.807) is 0 Å². The second-order valence-corrected chi connectivity index (χ2v) is 6.56. The van der Waals surface area contributed by atoms with Gasteiger partial charge < -0.3 is 11.1 Å². The van der Waals surface area contributed by atoms with E-state index in [4.69, 9.17) is 5.73 Å². The molecule has 0 spiro atoms. The summed E-state index contributed by atoms with van der Waals surface area (Å²) >= 11 is 0. The van der Waals surface area contributed by atoms with Crippen molar-refractivity contribution in [1.29, 1.82) is 0 Å². The Morgan fingerprint density at radius 2 is 1.76 bits per heavy atom. The molecule has 1 aromatic carbocycles. The standard InChI is InChI=1S/C18H30N2O/c1-7-13(6)17(19)18(21)20-16-9-8-14(11(2)3)10-15(16)12(4)5/h8-13,17H,7,19H2,1-6H3,(H,20,21)/t13-,17-/m0/s1. The Labute approximate surface area is 129 Å². The second kappa shape index (κ2) is 7.60. The van der Waals surface area contributed by atoms with Crippen LogP contribution < -0.4 is 11.1 Å². The maximum absolute atomic E-state index is 12.3. The predicted molar refractivity (Wildman–Crippen MR) is 90.7 cm³/mol. The van der Waals surface area contributed by atoms with Crippen molar-refractivity contribution >= 4 is 11.6 Å². The van der Waals surface area contributed by atoms with Gasteiger partial charge in [0.2, 0.25) is 5.91 Å². The largest absolute Gasteiger partial charge is 0.324 e. The minimum atomic E-state index is -0.459. The lowest BCUT2D eigenvalue weighted by Gasteiger charge is -2.21. The SMILES string of the molecule is CC[C@H](C)[C@H](N)C(=O)Nc1ccc(C(C)C)cc1C(C)C. The third-order valence-electron chi connectivity index (χ3n) is 4.18. The molecule has 1 amide bonds. The van der Waals surface area contributed by atoms with Crippen molar-refractivity contribution in [1.82, 2.24) is 0 Å². The highest BCUT2D eigenvalue weighted by molar-refractivity contribution is 5.95. The molecule has 0 aliphatic rings. The molecule has 0 unspecified atom stereocenters. The molecular formula is C18H30N2O. The maximum Gasteiger partial charge on any atom is 0.241 e. The molecule has 3 nitrogen and oxygen atoms in total. The number of nitrogens with one attached hydrogen (secondary N) is 1. The Kier molecular flexibility index (Phi) is 6.41. The molecule has 0 aliphatic heterocycles. The summed E-state index contributed by atoms with van der Waals surface area (Å²) in [6.45, 7) is 12.7. The first-order chi connectivity index (χ1) is 9.77. The summed E-state index contributed by atoms with van der Waals surface area (Å²) < 4.78 is 0. The molecule has 0 heterocycles. The van der Waals surface area contributed by atoms with E-state index in [2.05, 4.69) is 52.1 Å². The van der Waals surface area contributed by atoms with Crippen LogP contribution in [-0.2, 0) is 4.79 Å². The number of carbonyl (C=O) groups is 1. The van der Waals surface area contributed by atoms with Crippen LogP contribution >= 0.6 is 0 Å². The zero-order valence-electron chi connectivity index (χ0n) is 14.2.